The molecule has 11 heteroatoms. The number of hydrogen-bond acceptors (Lipinski definition) is 8. The molecule has 206 valence electrons. The van der Waals surface area contributed by atoms with Gasteiger partial charge in [-0.05, 0) is 61.0 Å². The Hall–Kier alpha value is -5.45. The summed E-state index contributed by atoms with van der Waals surface area (Å²) in [4.78, 5) is 43.3. The average molecular weight is 548 g/mol. The Morgan fingerprint density at radius 1 is 0.854 bits per heavy atom. The lowest BCUT2D eigenvalue weighted by Crippen LogP contribution is -2.41. The minimum Gasteiger partial charge on any atom is -0.324 e. The number of pyridine rings is 2. The Kier molecular flexibility index (Phi) is 7.51. The number of rotatable bonds is 6. The zero-order chi connectivity index (χ0) is 29.0. The summed E-state index contributed by atoms with van der Waals surface area (Å²) in [7, 11) is 0. The molecule has 0 unspecified atom stereocenters. The van der Waals surface area contributed by atoms with E-state index in [1.165, 1.54) is 0 Å². The highest BCUT2D eigenvalue weighted by molar-refractivity contribution is 5.99. The van der Waals surface area contributed by atoms with Crippen molar-refractivity contribution in [3.05, 3.63) is 108 Å². The molecule has 0 aliphatic carbocycles. The van der Waals surface area contributed by atoms with E-state index in [-0.39, 0.29) is 11.1 Å². The molecule has 0 saturated carbocycles. The highest BCUT2D eigenvalue weighted by Crippen LogP contribution is 2.26. The number of carbonyl (C=O) groups excluding carboxylic acids is 2. The maximum Gasteiger partial charge on any atom is 0.290 e. The van der Waals surface area contributed by atoms with Gasteiger partial charge in [0, 0.05) is 47.0 Å². The monoisotopic (exact) mass is 547 g/mol. The van der Waals surface area contributed by atoms with Gasteiger partial charge in [0.15, 0.2) is 11.5 Å². The molecule has 0 atom stereocenters. The molecule has 0 saturated heterocycles. The van der Waals surface area contributed by atoms with Crippen LogP contribution in [0.4, 0.5) is 11.6 Å². The largest absolute Gasteiger partial charge is 0.324 e. The normalized spacial score (nSPS) is 11.1. The van der Waals surface area contributed by atoms with Crippen LogP contribution in [0, 0.1) is 6.92 Å². The van der Waals surface area contributed by atoms with Crippen LogP contribution in [0.1, 0.15) is 52.9 Å². The van der Waals surface area contributed by atoms with Crippen molar-refractivity contribution < 1.29 is 9.59 Å². The molecule has 0 radical (unpaired) electrons. The second-order valence-corrected chi connectivity index (χ2v) is 10.3. The van der Waals surface area contributed by atoms with Gasteiger partial charge in [-0.1, -0.05) is 32.9 Å². The second kappa shape index (κ2) is 11.3. The Balaban J connectivity index is 1.29. The Bertz CT molecular complexity index is 1690. The molecule has 3 N–H and O–H groups in total. The summed E-state index contributed by atoms with van der Waals surface area (Å²) in [6.07, 6.45) is 6.74. The predicted octanol–water partition coefficient (Wildman–Crippen LogP) is 4.54. The predicted molar refractivity (Wildman–Crippen MR) is 155 cm³/mol. The number of amides is 2. The third-order valence-electron chi connectivity index (χ3n) is 6.23. The maximum absolute atomic E-state index is 13.0. The van der Waals surface area contributed by atoms with Crippen LogP contribution in [0.15, 0.2) is 85.5 Å². The molecule has 0 spiro atoms. The number of carbonyl (C=O) groups is 2. The first-order valence-corrected chi connectivity index (χ1v) is 12.9. The summed E-state index contributed by atoms with van der Waals surface area (Å²) >= 11 is 0. The minimum atomic E-state index is -0.551. The van der Waals surface area contributed by atoms with Gasteiger partial charge in [-0.2, -0.15) is 5.10 Å². The van der Waals surface area contributed by atoms with Crippen LogP contribution in [-0.2, 0) is 5.41 Å². The Morgan fingerprint density at radius 3 is 2.41 bits per heavy atom. The van der Waals surface area contributed by atoms with Crippen LogP contribution in [0.3, 0.4) is 0 Å². The maximum atomic E-state index is 13.0. The molecule has 0 fully saturated rings. The average Bonchev–Trinajstić information content (AvgIpc) is 3.45. The second-order valence-electron chi connectivity index (χ2n) is 10.3. The number of aromatic nitrogens is 6. The highest BCUT2D eigenvalue weighted by Gasteiger charge is 2.25. The van der Waals surface area contributed by atoms with Gasteiger partial charge in [-0.3, -0.25) is 25.4 Å². The number of nitrogens with zero attached hydrogens (tertiary/aromatic N) is 6. The van der Waals surface area contributed by atoms with Crippen molar-refractivity contribution in [3.63, 3.8) is 0 Å². The van der Waals surface area contributed by atoms with Crippen molar-refractivity contribution >= 4 is 23.5 Å². The zero-order valence-corrected chi connectivity index (χ0v) is 23.1. The summed E-state index contributed by atoms with van der Waals surface area (Å²) in [6, 6.07) is 17.9. The van der Waals surface area contributed by atoms with E-state index in [9.17, 15) is 9.59 Å². The third-order valence-corrected chi connectivity index (χ3v) is 6.23. The molecule has 2 amide bonds. The number of aryl methyl sites for hydroxylation is 1. The number of benzene rings is 1. The lowest BCUT2D eigenvalue weighted by molar-refractivity contribution is 0.0843. The van der Waals surface area contributed by atoms with Crippen LogP contribution < -0.4 is 16.2 Å². The van der Waals surface area contributed by atoms with E-state index >= 15 is 0 Å². The topological polar surface area (TPSA) is 140 Å². The summed E-state index contributed by atoms with van der Waals surface area (Å²) in [5.74, 6) is -0.0788. The van der Waals surface area contributed by atoms with Gasteiger partial charge < -0.3 is 5.32 Å². The lowest BCUT2D eigenvalue weighted by Gasteiger charge is -2.19. The van der Waals surface area contributed by atoms with Gasteiger partial charge in [-0.25, -0.2) is 19.6 Å². The standard InChI is InChI=1S/C30H29N9O2/c1-19-10-11-20(16-23(19)35-29-33-15-12-22(34-29)21-8-7-13-31-18-21)27(40)36-37-28(41)24-17-25(30(2,3)4)39(38-24)26-9-5-6-14-32-26/h5-18H,1-4H3,(H,36,40)(H,37,41)(H,33,34,35). The van der Waals surface area contributed by atoms with Gasteiger partial charge >= 0.3 is 0 Å². The van der Waals surface area contributed by atoms with Gasteiger partial charge in [0.2, 0.25) is 5.95 Å². The molecule has 0 aliphatic rings. The van der Waals surface area contributed by atoms with Crippen LogP contribution in [0.5, 0.6) is 0 Å². The molecule has 4 aromatic heterocycles. The fraction of sp³-hybridized carbons (Fsp3) is 0.167. The number of anilines is 2. The van der Waals surface area contributed by atoms with Gasteiger partial charge in [-0.15, -0.1) is 0 Å². The minimum absolute atomic E-state index is 0.151. The molecule has 41 heavy (non-hydrogen) atoms. The summed E-state index contributed by atoms with van der Waals surface area (Å²) in [5.41, 5.74) is 9.02. The molecule has 11 nitrogen and oxygen atoms in total. The van der Waals surface area contributed by atoms with Crippen LogP contribution in [0.2, 0.25) is 0 Å². The van der Waals surface area contributed by atoms with Crippen LogP contribution in [-0.4, -0.2) is 41.5 Å². The van der Waals surface area contributed by atoms with Crippen LogP contribution >= 0.6 is 0 Å². The van der Waals surface area contributed by atoms with E-state index in [2.05, 4.69) is 41.2 Å². The van der Waals surface area contributed by atoms with E-state index in [4.69, 9.17) is 0 Å². The first-order chi connectivity index (χ1) is 19.7. The van der Waals surface area contributed by atoms with E-state index < -0.39 is 11.8 Å². The number of nitrogens with one attached hydrogen (secondary N) is 3. The Labute approximate surface area is 237 Å². The molecule has 5 aromatic rings. The number of hydrogen-bond donors (Lipinski definition) is 3. The SMILES string of the molecule is Cc1ccc(C(=O)NNC(=O)c2cc(C(C)(C)C)n(-c3ccccn3)n2)cc1Nc1nccc(-c2cccnc2)n1. The molecule has 0 bridgehead atoms. The first-order valence-electron chi connectivity index (χ1n) is 12.9. The summed E-state index contributed by atoms with van der Waals surface area (Å²) in [6.45, 7) is 7.98. The summed E-state index contributed by atoms with van der Waals surface area (Å²) in [5, 5.41) is 7.64. The fourth-order valence-electron chi connectivity index (χ4n) is 4.04. The molecule has 4 heterocycles. The molecule has 5 rings (SSSR count). The van der Waals surface area contributed by atoms with Crippen molar-refractivity contribution in [1.82, 2.24) is 40.6 Å². The smallest absolute Gasteiger partial charge is 0.290 e. The van der Waals surface area contributed by atoms with Crippen molar-refractivity contribution in [2.45, 2.75) is 33.1 Å². The summed E-state index contributed by atoms with van der Waals surface area (Å²) < 4.78 is 1.64. The van der Waals surface area contributed by atoms with Crippen LogP contribution in [0.25, 0.3) is 17.1 Å². The highest BCUT2D eigenvalue weighted by atomic mass is 16.2. The Morgan fingerprint density at radius 2 is 1.68 bits per heavy atom. The van der Waals surface area contributed by atoms with Crippen molar-refractivity contribution in [2.75, 3.05) is 5.32 Å². The van der Waals surface area contributed by atoms with E-state index in [1.807, 2.05) is 58.0 Å². The van der Waals surface area contributed by atoms with Gasteiger partial charge in [0.25, 0.3) is 11.8 Å². The van der Waals surface area contributed by atoms with Crippen molar-refractivity contribution in [3.8, 4) is 17.1 Å². The zero-order valence-electron chi connectivity index (χ0n) is 23.1. The van der Waals surface area contributed by atoms with E-state index in [0.29, 0.717) is 28.7 Å². The van der Waals surface area contributed by atoms with Gasteiger partial charge in [0.1, 0.15) is 0 Å². The van der Waals surface area contributed by atoms with Crippen molar-refractivity contribution in [2.24, 2.45) is 0 Å². The molecule has 1 aromatic carbocycles. The van der Waals surface area contributed by atoms with E-state index in [1.54, 1.807) is 59.8 Å². The third kappa shape index (κ3) is 6.25. The van der Waals surface area contributed by atoms with E-state index in [0.717, 1.165) is 16.8 Å². The molecule has 0 aliphatic heterocycles. The first kappa shape index (κ1) is 27.1. The quantitative estimate of drug-likeness (QED) is 0.263. The fourth-order valence-corrected chi connectivity index (χ4v) is 4.04. The van der Waals surface area contributed by atoms with Crippen molar-refractivity contribution in [1.29, 1.82) is 0 Å². The molecular formula is C30H29N9O2. The molecular weight excluding hydrogens is 518 g/mol. The van der Waals surface area contributed by atoms with Gasteiger partial charge in [0.05, 0.1) is 11.4 Å². The lowest BCUT2D eigenvalue weighted by atomic mass is 9.92. The number of hydrazine groups is 1.